The number of aliphatic hydroxyl groups is 1. The summed E-state index contributed by atoms with van der Waals surface area (Å²) in [6.45, 7) is 0.469. The van der Waals surface area contributed by atoms with Crippen molar-refractivity contribution in [3.63, 3.8) is 0 Å². The van der Waals surface area contributed by atoms with Crippen LogP contribution in [0.5, 0.6) is 0 Å². The van der Waals surface area contributed by atoms with Gasteiger partial charge in [0, 0.05) is 25.1 Å². The Bertz CT molecular complexity index is 376. The first-order valence-corrected chi connectivity index (χ1v) is 5.04. The lowest BCUT2D eigenvalue weighted by molar-refractivity contribution is -0.139. The molecule has 1 fully saturated rings. The molecule has 1 heterocycles. The third-order valence-corrected chi connectivity index (χ3v) is 2.91. The first-order chi connectivity index (χ1) is 7.54. The van der Waals surface area contributed by atoms with Crippen molar-refractivity contribution < 1.29 is 18.3 Å². The highest BCUT2D eigenvalue weighted by Crippen LogP contribution is 2.38. The van der Waals surface area contributed by atoms with Gasteiger partial charge in [-0.1, -0.05) is 18.2 Å². The van der Waals surface area contributed by atoms with E-state index in [1.54, 1.807) is 6.07 Å². The quantitative estimate of drug-likeness (QED) is 0.815. The predicted octanol–water partition coefficient (Wildman–Crippen LogP) is 1.96. The molecule has 88 valence electrons. The second-order valence-electron chi connectivity index (χ2n) is 3.91. The van der Waals surface area contributed by atoms with E-state index in [0.29, 0.717) is 6.54 Å². The predicted molar refractivity (Wildman–Crippen MR) is 52.8 cm³/mol. The molecular formula is C11H12F3NO. The highest BCUT2D eigenvalue weighted by Gasteiger charge is 2.39. The molecular weight excluding hydrogens is 219 g/mol. The summed E-state index contributed by atoms with van der Waals surface area (Å²) in [5, 5.41) is 11.9. The molecule has 0 bridgehead atoms. The van der Waals surface area contributed by atoms with Crippen molar-refractivity contribution >= 4 is 0 Å². The molecule has 1 aromatic carbocycles. The molecule has 0 spiro atoms. The van der Waals surface area contributed by atoms with E-state index in [-0.39, 0.29) is 24.1 Å². The summed E-state index contributed by atoms with van der Waals surface area (Å²) in [7, 11) is 0. The van der Waals surface area contributed by atoms with Gasteiger partial charge in [-0.15, -0.1) is 0 Å². The lowest BCUT2D eigenvalue weighted by Gasteiger charge is -2.38. The lowest BCUT2D eigenvalue weighted by Crippen LogP contribution is -2.48. The third kappa shape index (κ3) is 1.92. The van der Waals surface area contributed by atoms with Crippen LogP contribution in [-0.2, 0) is 6.18 Å². The van der Waals surface area contributed by atoms with Gasteiger partial charge in [0.05, 0.1) is 5.56 Å². The molecule has 0 aromatic heterocycles. The molecule has 1 saturated heterocycles. The van der Waals surface area contributed by atoms with Gasteiger partial charge in [-0.2, -0.15) is 13.2 Å². The smallest absolute Gasteiger partial charge is 0.396 e. The zero-order valence-electron chi connectivity index (χ0n) is 8.46. The van der Waals surface area contributed by atoms with E-state index in [4.69, 9.17) is 5.11 Å². The Morgan fingerprint density at radius 2 is 2.00 bits per heavy atom. The number of halogens is 3. The van der Waals surface area contributed by atoms with Crippen LogP contribution >= 0.6 is 0 Å². The van der Waals surface area contributed by atoms with E-state index >= 15 is 0 Å². The van der Waals surface area contributed by atoms with Crippen molar-refractivity contribution in [3.8, 4) is 0 Å². The van der Waals surface area contributed by atoms with Gasteiger partial charge in [-0.25, -0.2) is 0 Å². The van der Waals surface area contributed by atoms with E-state index in [9.17, 15) is 13.2 Å². The number of hydrogen-bond donors (Lipinski definition) is 2. The zero-order chi connectivity index (χ0) is 11.8. The number of aliphatic hydroxyl groups excluding tert-OH is 1. The van der Waals surface area contributed by atoms with Gasteiger partial charge in [-0.3, -0.25) is 0 Å². The van der Waals surface area contributed by atoms with Gasteiger partial charge >= 0.3 is 6.18 Å². The van der Waals surface area contributed by atoms with Crippen molar-refractivity contribution in [2.75, 3.05) is 13.2 Å². The molecule has 2 rings (SSSR count). The Morgan fingerprint density at radius 3 is 2.50 bits per heavy atom. The maximum atomic E-state index is 12.7. The standard InChI is InChI=1S/C11H12F3NO/c12-11(13,14)9-4-2-1-3-8(9)10-7(6-16)5-15-10/h1-4,7,10,15-16H,5-6H2. The highest BCUT2D eigenvalue weighted by atomic mass is 19.4. The fraction of sp³-hybridized carbons (Fsp3) is 0.455. The van der Waals surface area contributed by atoms with Crippen LogP contribution in [0.4, 0.5) is 13.2 Å². The van der Waals surface area contributed by atoms with Crippen LogP contribution in [-0.4, -0.2) is 18.3 Å². The van der Waals surface area contributed by atoms with Crippen LogP contribution in [0.1, 0.15) is 17.2 Å². The normalized spacial score (nSPS) is 25.2. The van der Waals surface area contributed by atoms with Gasteiger partial charge in [0.15, 0.2) is 0 Å². The van der Waals surface area contributed by atoms with Crippen LogP contribution in [0.3, 0.4) is 0 Å². The molecule has 16 heavy (non-hydrogen) atoms. The van der Waals surface area contributed by atoms with E-state index in [1.165, 1.54) is 12.1 Å². The molecule has 2 N–H and O–H groups in total. The van der Waals surface area contributed by atoms with Crippen LogP contribution in [0, 0.1) is 5.92 Å². The molecule has 2 unspecified atom stereocenters. The van der Waals surface area contributed by atoms with Gasteiger partial charge in [0.25, 0.3) is 0 Å². The van der Waals surface area contributed by atoms with Crippen LogP contribution in [0.2, 0.25) is 0 Å². The molecule has 1 aliphatic heterocycles. The van der Waals surface area contributed by atoms with Crippen LogP contribution < -0.4 is 5.32 Å². The zero-order valence-corrected chi connectivity index (χ0v) is 8.46. The van der Waals surface area contributed by atoms with Crippen LogP contribution in [0.15, 0.2) is 24.3 Å². The number of rotatable bonds is 2. The van der Waals surface area contributed by atoms with Gasteiger partial charge in [0.2, 0.25) is 0 Å². The molecule has 0 aliphatic carbocycles. The van der Waals surface area contributed by atoms with E-state index in [0.717, 1.165) is 6.07 Å². The van der Waals surface area contributed by atoms with Crippen molar-refractivity contribution in [3.05, 3.63) is 35.4 Å². The fourth-order valence-corrected chi connectivity index (χ4v) is 1.96. The minimum atomic E-state index is -4.34. The van der Waals surface area contributed by atoms with Crippen molar-refractivity contribution in [2.24, 2.45) is 5.92 Å². The maximum Gasteiger partial charge on any atom is 0.416 e. The summed E-state index contributed by atoms with van der Waals surface area (Å²) < 4.78 is 38.1. The Morgan fingerprint density at radius 1 is 1.31 bits per heavy atom. The topological polar surface area (TPSA) is 32.3 Å². The number of hydrogen-bond acceptors (Lipinski definition) is 2. The Kier molecular flexibility index (Phi) is 2.90. The molecule has 0 amide bonds. The first-order valence-electron chi connectivity index (χ1n) is 5.04. The lowest BCUT2D eigenvalue weighted by atomic mass is 9.84. The summed E-state index contributed by atoms with van der Waals surface area (Å²) >= 11 is 0. The van der Waals surface area contributed by atoms with E-state index in [1.807, 2.05) is 0 Å². The molecule has 2 nitrogen and oxygen atoms in total. The fourth-order valence-electron chi connectivity index (χ4n) is 1.96. The summed E-state index contributed by atoms with van der Waals surface area (Å²) in [6.07, 6.45) is -4.34. The second kappa shape index (κ2) is 4.07. The van der Waals surface area contributed by atoms with Crippen molar-refractivity contribution in [2.45, 2.75) is 12.2 Å². The average Bonchev–Trinajstić information content (AvgIpc) is 2.16. The molecule has 2 atom stereocenters. The summed E-state index contributed by atoms with van der Waals surface area (Å²) in [5.74, 6) is -0.122. The Labute approximate surface area is 91.1 Å². The summed E-state index contributed by atoms with van der Waals surface area (Å²) in [5.41, 5.74) is -0.397. The van der Waals surface area contributed by atoms with Crippen molar-refractivity contribution in [1.29, 1.82) is 0 Å². The van der Waals surface area contributed by atoms with Gasteiger partial charge in [0.1, 0.15) is 0 Å². The largest absolute Gasteiger partial charge is 0.416 e. The summed E-state index contributed by atoms with van der Waals surface area (Å²) in [6, 6.07) is 5.10. The van der Waals surface area contributed by atoms with Gasteiger partial charge < -0.3 is 10.4 Å². The Hall–Kier alpha value is -1.07. The third-order valence-electron chi connectivity index (χ3n) is 2.91. The van der Waals surface area contributed by atoms with E-state index in [2.05, 4.69) is 5.32 Å². The molecule has 0 saturated carbocycles. The monoisotopic (exact) mass is 231 g/mol. The first kappa shape index (κ1) is 11.4. The molecule has 1 aliphatic rings. The SMILES string of the molecule is OCC1CNC1c1ccccc1C(F)(F)F. The van der Waals surface area contributed by atoms with Gasteiger partial charge in [-0.05, 0) is 11.6 Å². The molecule has 0 radical (unpaired) electrons. The second-order valence-corrected chi connectivity index (χ2v) is 3.91. The minimum absolute atomic E-state index is 0.0934. The summed E-state index contributed by atoms with van der Waals surface area (Å²) in [4.78, 5) is 0. The molecule has 5 heteroatoms. The maximum absolute atomic E-state index is 12.7. The Balaban J connectivity index is 2.34. The minimum Gasteiger partial charge on any atom is -0.396 e. The highest BCUT2D eigenvalue weighted by molar-refractivity contribution is 5.34. The number of benzene rings is 1. The van der Waals surface area contributed by atoms with E-state index < -0.39 is 11.7 Å². The van der Waals surface area contributed by atoms with Crippen LogP contribution in [0.25, 0.3) is 0 Å². The number of nitrogens with one attached hydrogen (secondary N) is 1. The number of alkyl halides is 3. The van der Waals surface area contributed by atoms with Crippen molar-refractivity contribution in [1.82, 2.24) is 5.32 Å². The average molecular weight is 231 g/mol. The molecule has 1 aromatic rings.